The number of anilines is 2. The van der Waals surface area contributed by atoms with Gasteiger partial charge in [0.1, 0.15) is 5.75 Å². The SMILES string of the molecule is CC(C)Oc1ccccc1C1Nc2ccccc2NC2=C1C(=O)CC(C)(C)C2. The first-order valence-electron chi connectivity index (χ1n) is 9.98. The molecule has 1 heterocycles. The van der Waals surface area contributed by atoms with Crippen LogP contribution in [0, 0.1) is 5.41 Å². The number of ether oxygens (including phenoxy) is 1. The lowest BCUT2D eigenvalue weighted by Crippen LogP contribution is -2.31. The fraction of sp³-hybridized carbons (Fsp3) is 0.375. The van der Waals surface area contributed by atoms with E-state index in [9.17, 15) is 4.79 Å². The van der Waals surface area contributed by atoms with Crippen LogP contribution in [0.25, 0.3) is 0 Å². The van der Waals surface area contributed by atoms with E-state index >= 15 is 0 Å². The van der Waals surface area contributed by atoms with Gasteiger partial charge in [-0.25, -0.2) is 0 Å². The summed E-state index contributed by atoms with van der Waals surface area (Å²) in [6.45, 7) is 8.36. The highest BCUT2D eigenvalue weighted by Gasteiger charge is 2.39. The van der Waals surface area contributed by atoms with Crippen molar-refractivity contribution in [2.24, 2.45) is 5.41 Å². The molecule has 2 aliphatic rings. The van der Waals surface area contributed by atoms with Gasteiger partial charge in [0.15, 0.2) is 5.78 Å². The Morgan fingerprint density at radius 1 is 1.00 bits per heavy atom. The Morgan fingerprint density at radius 3 is 2.43 bits per heavy atom. The van der Waals surface area contributed by atoms with Crippen molar-refractivity contribution in [2.75, 3.05) is 10.6 Å². The van der Waals surface area contributed by atoms with E-state index in [4.69, 9.17) is 4.74 Å². The first kappa shape index (κ1) is 18.6. The van der Waals surface area contributed by atoms with Gasteiger partial charge in [0.05, 0.1) is 23.5 Å². The summed E-state index contributed by atoms with van der Waals surface area (Å²) in [6, 6.07) is 15.9. The first-order chi connectivity index (χ1) is 13.3. The molecule has 28 heavy (non-hydrogen) atoms. The van der Waals surface area contributed by atoms with E-state index in [0.717, 1.165) is 40.4 Å². The van der Waals surface area contributed by atoms with Crippen molar-refractivity contribution >= 4 is 17.2 Å². The summed E-state index contributed by atoms with van der Waals surface area (Å²) < 4.78 is 6.09. The Morgan fingerprint density at radius 2 is 1.68 bits per heavy atom. The number of para-hydroxylation sites is 3. The zero-order valence-corrected chi connectivity index (χ0v) is 17.0. The van der Waals surface area contributed by atoms with Crippen LogP contribution in [0.15, 0.2) is 59.8 Å². The quantitative estimate of drug-likeness (QED) is 0.722. The van der Waals surface area contributed by atoms with Gasteiger partial charge in [0.25, 0.3) is 0 Å². The summed E-state index contributed by atoms with van der Waals surface area (Å²) in [5.41, 5.74) is 4.78. The molecule has 0 aromatic heterocycles. The first-order valence-corrected chi connectivity index (χ1v) is 9.98. The molecule has 0 amide bonds. The van der Waals surface area contributed by atoms with E-state index in [-0.39, 0.29) is 23.3 Å². The lowest BCUT2D eigenvalue weighted by molar-refractivity contribution is -0.118. The number of ketones is 1. The molecule has 0 radical (unpaired) electrons. The molecule has 146 valence electrons. The maximum absolute atomic E-state index is 13.3. The third-order valence-corrected chi connectivity index (χ3v) is 5.31. The second-order valence-corrected chi connectivity index (χ2v) is 8.79. The molecule has 0 bridgehead atoms. The Hall–Kier alpha value is -2.75. The third kappa shape index (κ3) is 3.51. The maximum atomic E-state index is 13.3. The fourth-order valence-electron chi connectivity index (χ4n) is 4.20. The molecule has 0 saturated heterocycles. The second kappa shape index (κ2) is 7.01. The molecule has 1 aliphatic heterocycles. The van der Waals surface area contributed by atoms with Crippen LogP contribution in [0.4, 0.5) is 11.4 Å². The number of allylic oxidation sites excluding steroid dienone is 1. The number of benzene rings is 2. The zero-order valence-electron chi connectivity index (χ0n) is 17.0. The molecule has 4 nitrogen and oxygen atoms in total. The molecule has 2 N–H and O–H groups in total. The highest BCUT2D eigenvalue weighted by molar-refractivity contribution is 6.01. The number of hydrogen-bond donors (Lipinski definition) is 2. The van der Waals surface area contributed by atoms with E-state index in [1.807, 2.05) is 44.2 Å². The van der Waals surface area contributed by atoms with Crippen molar-refractivity contribution in [3.05, 3.63) is 65.4 Å². The molecule has 0 spiro atoms. The summed E-state index contributed by atoms with van der Waals surface area (Å²) >= 11 is 0. The summed E-state index contributed by atoms with van der Waals surface area (Å²) in [5.74, 6) is 1.02. The van der Waals surface area contributed by atoms with Gasteiger partial charge in [-0.15, -0.1) is 0 Å². The standard InChI is InChI=1S/C24H28N2O2/c1-15(2)28-21-12-8-5-9-16(21)23-22-19(13-24(3,4)14-20(22)27)25-17-10-6-7-11-18(17)26-23/h5-12,15,23,25-26H,13-14H2,1-4H3. The van der Waals surface area contributed by atoms with Gasteiger partial charge in [-0.1, -0.05) is 44.2 Å². The van der Waals surface area contributed by atoms with Crippen LogP contribution in [-0.2, 0) is 4.79 Å². The number of fused-ring (bicyclic) bond motifs is 1. The number of carbonyl (C=O) groups excluding carboxylic acids is 1. The van der Waals surface area contributed by atoms with Crippen molar-refractivity contribution in [3.63, 3.8) is 0 Å². The van der Waals surface area contributed by atoms with E-state index in [0.29, 0.717) is 6.42 Å². The minimum atomic E-state index is -0.246. The molecule has 0 saturated carbocycles. The minimum Gasteiger partial charge on any atom is -0.491 e. The van der Waals surface area contributed by atoms with E-state index in [1.54, 1.807) is 0 Å². The molecule has 2 aromatic carbocycles. The van der Waals surface area contributed by atoms with Gasteiger partial charge in [0.2, 0.25) is 0 Å². The average Bonchev–Trinajstić information content (AvgIpc) is 2.77. The average molecular weight is 377 g/mol. The summed E-state index contributed by atoms with van der Waals surface area (Å²) in [6.07, 6.45) is 1.45. The second-order valence-electron chi connectivity index (χ2n) is 8.79. The molecule has 4 heteroatoms. The van der Waals surface area contributed by atoms with E-state index in [1.165, 1.54) is 0 Å². The smallest absolute Gasteiger partial charge is 0.163 e. The summed E-state index contributed by atoms with van der Waals surface area (Å²) in [7, 11) is 0. The van der Waals surface area contributed by atoms with Crippen LogP contribution in [0.5, 0.6) is 5.75 Å². The van der Waals surface area contributed by atoms with E-state index in [2.05, 4.69) is 42.7 Å². The number of carbonyl (C=O) groups is 1. The van der Waals surface area contributed by atoms with Gasteiger partial charge in [-0.05, 0) is 43.9 Å². The van der Waals surface area contributed by atoms with Crippen molar-refractivity contribution < 1.29 is 9.53 Å². The summed E-state index contributed by atoms with van der Waals surface area (Å²) in [4.78, 5) is 13.3. The largest absolute Gasteiger partial charge is 0.491 e. The zero-order chi connectivity index (χ0) is 19.9. The van der Waals surface area contributed by atoms with E-state index < -0.39 is 0 Å². The van der Waals surface area contributed by atoms with Gasteiger partial charge in [-0.3, -0.25) is 4.79 Å². The van der Waals surface area contributed by atoms with Crippen LogP contribution in [0.3, 0.4) is 0 Å². The monoisotopic (exact) mass is 376 g/mol. The Bertz CT molecular complexity index is 943. The molecule has 1 aliphatic carbocycles. The normalized spacial score (nSPS) is 20.6. The molecule has 2 aromatic rings. The predicted octanol–water partition coefficient (Wildman–Crippen LogP) is 5.70. The number of rotatable bonds is 3. The molecule has 4 rings (SSSR count). The van der Waals surface area contributed by atoms with Crippen molar-refractivity contribution in [3.8, 4) is 5.75 Å². The number of hydrogen-bond acceptors (Lipinski definition) is 4. The highest BCUT2D eigenvalue weighted by Crippen LogP contribution is 2.46. The molecule has 1 unspecified atom stereocenters. The van der Waals surface area contributed by atoms with Gasteiger partial charge in [0, 0.05) is 23.3 Å². The van der Waals surface area contributed by atoms with Crippen molar-refractivity contribution in [1.82, 2.24) is 0 Å². The van der Waals surface area contributed by atoms with Crippen LogP contribution >= 0.6 is 0 Å². The lowest BCUT2D eigenvalue weighted by Gasteiger charge is -2.34. The predicted molar refractivity (Wildman–Crippen MR) is 114 cm³/mol. The minimum absolute atomic E-state index is 0.0549. The Balaban J connectivity index is 1.89. The van der Waals surface area contributed by atoms with Crippen LogP contribution in [-0.4, -0.2) is 11.9 Å². The molecule has 0 fully saturated rings. The highest BCUT2D eigenvalue weighted by atomic mass is 16.5. The van der Waals surface area contributed by atoms with Crippen LogP contribution in [0.1, 0.15) is 52.1 Å². The lowest BCUT2D eigenvalue weighted by atomic mass is 9.73. The number of Topliss-reactive ketones (excluding diaryl/α,β-unsaturated/α-hetero) is 1. The molecule has 1 atom stereocenters. The Kier molecular flexibility index (Phi) is 4.66. The third-order valence-electron chi connectivity index (χ3n) is 5.31. The van der Waals surface area contributed by atoms with Crippen LogP contribution in [0.2, 0.25) is 0 Å². The van der Waals surface area contributed by atoms with Gasteiger partial charge >= 0.3 is 0 Å². The van der Waals surface area contributed by atoms with Gasteiger partial charge in [-0.2, -0.15) is 0 Å². The van der Waals surface area contributed by atoms with Crippen molar-refractivity contribution in [2.45, 2.75) is 52.7 Å². The van der Waals surface area contributed by atoms with Crippen molar-refractivity contribution in [1.29, 1.82) is 0 Å². The van der Waals surface area contributed by atoms with Gasteiger partial charge < -0.3 is 15.4 Å². The molecular formula is C24H28N2O2. The topological polar surface area (TPSA) is 50.4 Å². The number of nitrogens with one attached hydrogen (secondary N) is 2. The maximum Gasteiger partial charge on any atom is 0.163 e. The molecular weight excluding hydrogens is 348 g/mol. The fourth-order valence-corrected chi connectivity index (χ4v) is 4.20. The Labute approximate surface area is 167 Å². The van der Waals surface area contributed by atoms with Crippen LogP contribution < -0.4 is 15.4 Å². The summed E-state index contributed by atoms with van der Waals surface area (Å²) in [5, 5.41) is 7.19.